The highest BCUT2D eigenvalue weighted by Gasteiger charge is 2.13. The van der Waals surface area contributed by atoms with Crippen LogP contribution >= 0.6 is 0 Å². The molecule has 0 aliphatic heterocycles. The average molecular weight is 512 g/mol. The molecule has 1 heterocycles. The molecule has 0 bridgehead atoms. The van der Waals surface area contributed by atoms with Crippen LogP contribution < -0.4 is 10.1 Å². The predicted octanol–water partition coefficient (Wildman–Crippen LogP) is 6.87. The van der Waals surface area contributed by atoms with Gasteiger partial charge in [0.25, 0.3) is 0 Å². The van der Waals surface area contributed by atoms with Gasteiger partial charge in [-0.05, 0) is 60.1 Å². The topological polar surface area (TPSA) is 56.1 Å². The van der Waals surface area contributed by atoms with Crippen molar-refractivity contribution in [3.8, 4) is 5.75 Å². The molecule has 0 aliphatic carbocycles. The van der Waals surface area contributed by atoms with Gasteiger partial charge in [-0.15, -0.1) is 0 Å². The molecule has 4 aromatic rings. The zero-order valence-electron chi connectivity index (χ0n) is 23.1. The highest BCUT2D eigenvalue weighted by molar-refractivity contribution is 5.78. The number of carbonyl (C=O) groups is 1. The molecule has 0 unspecified atom stereocenters. The largest absolute Gasteiger partial charge is 0.494 e. The van der Waals surface area contributed by atoms with E-state index in [1.165, 1.54) is 11.1 Å². The molecule has 5 heteroatoms. The summed E-state index contributed by atoms with van der Waals surface area (Å²) in [6.45, 7) is 8.94. The number of unbranched alkanes of at least 4 members (excludes halogenated alkanes) is 2. The van der Waals surface area contributed by atoms with Crippen LogP contribution in [0.4, 0.5) is 0 Å². The Morgan fingerprint density at radius 2 is 1.61 bits per heavy atom. The lowest BCUT2D eigenvalue weighted by molar-refractivity contribution is -0.120. The third-order valence-corrected chi connectivity index (χ3v) is 6.86. The number of aromatic nitrogens is 2. The van der Waals surface area contributed by atoms with E-state index in [0.29, 0.717) is 13.0 Å². The number of ether oxygens (including phenoxy) is 1. The fraction of sp³-hybridized carbons (Fsp3) is 0.394. The summed E-state index contributed by atoms with van der Waals surface area (Å²) in [6.07, 6.45) is 5.37. The number of imidazole rings is 1. The molecule has 0 radical (unpaired) electrons. The summed E-state index contributed by atoms with van der Waals surface area (Å²) in [5.41, 5.74) is 4.74. The minimum absolute atomic E-state index is 0.0883. The first-order chi connectivity index (χ1) is 18.4. The van der Waals surface area contributed by atoms with Gasteiger partial charge in [-0.2, -0.15) is 0 Å². The Hall–Kier alpha value is -3.60. The monoisotopic (exact) mass is 511 g/mol. The van der Waals surface area contributed by atoms with Crippen LogP contribution in [0, 0.1) is 0 Å². The van der Waals surface area contributed by atoms with Gasteiger partial charge in [-0.25, -0.2) is 4.98 Å². The number of hydrogen-bond donors (Lipinski definition) is 1. The molecule has 4 rings (SSSR count). The Bertz CT molecular complexity index is 1290. The van der Waals surface area contributed by atoms with E-state index < -0.39 is 0 Å². The number of aryl methyl sites for hydroxylation is 2. The molecule has 3 aromatic carbocycles. The number of carbonyl (C=O) groups excluding carboxylic acids is 1. The van der Waals surface area contributed by atoms with E-state index in [4.69, 9.17) is 9.72 Å². The van der Waals surface area contributed by atoms with Crippen LogP contribution in [0.15, 0.2) is 78.9 Å². The molecule has 0 fully saturated rings. The Kier molecular flexibility index (Phi) is 9.58. The third kappa shape index (κ3) is 7.95. The van der Waals surface area contributed by atoms with E-state index in [2.05, 4.69) is 73.1 Å². The summed E-state index contributed by atoms with van der Waals surface area (Å²) in [5.74, 6) is 2.14. The Labute approximate surface area is 227 Å². The van der Waals surface area contributed by atoms with Gasteiger partial charge >= 0.3 is 0 Å². The number of nitrogens with one attached hydrogen (secondary N) is 1. The molecule has 1 N–H and O–H groups in total. The SMILES string of the molecule is CC(C)(C)c1ccc(OCCCn2c(CCCCCNC(=O)Cc3ccccc3)nc3ccccc32)cc1. The van der Waals surface area contributed by atoms with Crippen molar-refractivity contribution in [1.29, 1.82) is 0 Å². The summed E-state index contributed by atoms with van der Waals surface area (Å²) in [6, 6.07) is 26.7. The number of fused-ring (bicyclic) bond motifs is 1. The van der Waals surface area contributed by atoms with Crippen LogP contribution in [0.5, 0.6) is 5.75 Å². The van der Waals surface area contributed by atoms with E-state index in [1.54, 1.807) is 0 Å². The van der Waals surface area contributed by atoms with E-state index in [1.807, 2.05) is 36.4 Å². The molecule has 200 valence electrons. The first-order valence-corrected chi connectivity index (χ1v) is 13.9. The summed E-state index contributed by atoms with van der Waals surface area (Å²) >= 11 is 0. The van der Waals surface area contributed by atoms with Crippen molar-refractivity contribution >= 4 is 16.9 Å². The van der Waals surface area contributed by atoms with Crippen LogP contribution in [0.2, 0.25) is 0 Å². The lowest BCUT2D eigenvalue weighted by Crippen LogP contribution is -2.26. The number of amides is 1. The Morgan fingerprint density at radius 3 is 2.37 bits per heavy atom. The van der Waals surface area contributed by atoms with Gasteiger partial charge in [0.05, 0.1) is 24.1 Å². The second-order valence-electron chi connectivity index (χ2n) is 11.0. The van der Waals surface area contributed by atoms with Gasteiger partial charge in [0.1, 0.15) is 11.6 Å². The second-order valence-corrected chi connectivity index (χ2v) is 11.0. The molecule has 1 amide bonds. The molecule has 0 spiro atoms. The fourth-order valence-corrected chi connectivity index (χ4v) is 4.69. The third-order valence-electron chi connectivity index (χ3n) is 6.86. The first-order valence-electron chi connectivity index (χ1n) is 13.9. The van der Waals surface area contributed by atoms with Gasteiger partial charge < -0.3 is 14.6 Å². The van der Waals surface area contributed by atoms with Crippen LogP contribution in [0.1, 0.15) is 63.4 Å². The van der Waals surface area contributed by atoms with E-state index >= 15 is 0 Å². The van der Waals surface area contributed by atoms with E-state index in [9.17, 15) is 4.79 Å². The summed E-state index contributed by atoms with van der Waals surface area (Å²) in [5, 5.41) is 3.05. The Morgan fingerprint density at radius 1 is 0.868 bits per heavy atom. The number of benzene rings is 3. The van der Waals surface area contributed by atoms with Gasteiger partial charge in [-0.3, -0.25) is 4.79 Å². The predicted molar refractivity (Wildman–Crippen MR) is 156 cm³/mol. The first kappa shape index (κ1) is 27.4. The van der Waals surface area contributed by atoms with Crippen molar-refractivity contribution in [3.05, 3.63) is 95.8 Å². The average Bonchev–Trinajstić information content (AvgIpc) is 3.26. The van der Waals surface area contributed by atoms with Gasteiger partial charge in [0.2, 0.25) is 5.91 Å². The second kappa shape index (κ2) is 13.3. The zero-order valence-corrected chi connectivity index (χ0v) is 23.1. The molecule has 38 heavy (non-hydrogen) atoms. The Balaban J connectivity index is 1.22. The molecule has 5 nitrogen and oxygen atoms in total. The van der Waals surface area contributed by atoms with Crippen LogP contribution in [-0.2, 0) is 29.6 Å². The quantitative estimate of drug-likeness (QED) is 0.199. The lowest BCUT2D eigenvalue weighted by atomic mass is 9.87. The molecular formula is C33H41N3O2. The number of nitrogens with zero attached hydrogens (tertiary/aromatic N) is 2. The van der Waals surface area contributed by atoms with Gasteiger partial charge in [0, 0.05) is 19.5 Å². The van der Waals surface area contributed by atoms with Crippen molar-refractivity contribution in [2.75, 3.05) is 13.2 Å². The van der Waals surface area contributed by atoms with Crippen molar-refractivity contribution in [2.45, 2.75) is 71.3 Å². The minimum atomic E-state index is 0.0883. The number of rotatable bonds is 13. The molecule has 0 atom stereocenters. The minimum Gasteiger partial charge on any atom is -0.494 e. The number of hydrogen-bond acceptors (Lipinski definition) is 3. The van der Waals surface area contributed by atoms with E-state index in [-0.39, 0.29) is 11.3 Å². The number of para-hydroxylation sites is 2. The van der Waals surface area contributed by atoms with Gasteiger partial charge in [0.15, 0.2) is 0 Å². The highest BCUT2D eigenvalue weighted by Crippen LogP contribution is 2.24. The molecule has 0 saturated carbocycles. The lowest BCUT2D eigenvalue weighted by Gasteiger charge is -2.19. The van der Waals surface area contributed by atoms with Crippen LogP contribution in [0.3, 0.4) is 0 Å². The van der Waals surface area contributed by atoms with E-state index in [0.717, 1.165) is 67.8 Å². The normalized spacial score (nSPS) is 11.6. The van der Waals surface area contributed by atoms with Gasteiger partial charge in [-0.1, -0.05) is 81.8 Å². The van der Waals surface area contributed by atoms with Crippen molar-refractivity contribution in [1.82, 2.24) is 14.9 Å². The smallest absolute Gasteiger partial charge is 0.224 e. The van der Waals surface area contributed by atoms with Crippen LogP contribution in [0.25, 0.3) is 11.0 Å². The summed E-state index contributed by atoms with van der Waals surface area (Å²) in [7, 11) is 0. The van der Waals surface area contributed by atoms with Crippen molar-refractivity contribution in [2.24, 2.45) is 0 Å². The maximum Gasteiger partial charge on any atom is 0.224 e. The summed E-state index contributed by atoms with van der Waals surface area (Å²) in [4.78, 5) is 17.1. The summed E-state index contributed by atoms with van der Waals surface area (Å²) < 4.78 is 8.39. The highest BCUT2D eigenvalue weighted by atomic mass is 16.5. The zero-order chi connectivity index (χ0) is 26.8. The molecule has 1 aromatic heterocycles. The maximum atomic E-state index is 12.1. The van der Waals surface area contributed by atoms with Crippen LogP contribution in [-0.4, -0.2) is 28.6 Å². The van der Waals surface area contributed by atoms with Crippen molar-refractivity contribution in [3.63, 3.8) is 0 Å². The standard InChI is InChI=1S/C33H41N3O2/c1-33(2,3)27-18-20-28(21-19-27)38-24-12-23-36-30-16-10-9-15-29(30)35-31(36)17-8-5-11-22-34-32(37)25-26-13-6-4-7-14-26/h4,6-7,9-10,13-16,18-21H,5,8,11-12,17,22-25H2,1-3H3,(H,34,37). The molecular weight excluding hydrogens is 470 g/mol. The fourth-order valence-electron chi connectivity index (χ4n) is 4.69. The maximum absolute atomic E-state index is 12.1. The molecule has 0 saturated heterocycles. The van der Waals surface area contributed by atoms with Crippen molar-refractivity contribution < 1.29 is 9.53 Å². The molecule has 0 aliphatic rings.